The Morgan fingerprint density at radius 2 is 1.76 bits per heavy atom. The van der Waals surface area contributed by atoms with Crippen molar-refractivity contribution < 1.29 is 9.90 Å². The molecule has 4 atom stereocenters. The Morgan fingerprint density at radius 3 is 2.48 bits per heavy atom. The van der Waals surface area contributed by atoms with Crippen molar-refractivity contribution in [3.05, 3.63) is 0 Å². The second-order valence-corrected chi connectivity index (χ2v) is 7.75. The van der Waals surface area contributed by atoms with Crippen molar-refractivity contribution in [1.29, 1.82) is 0 Å². The number of hydrogen-bond acceptors (Lipinski definition) is 2. The van der Waals surface area contributed by atoms with Crippen molar-refractivity contribution in [1.82, 2.24) is 5.32 Å². The fourth-order valence-electron chi connectivity index (χ4n) is 4.93. The van der Waals surface area contributed by atoms with E-state index in [1.165, 1.54) is 44.9 Å². The normalized spacial score (nSPS) is 36.6. The number of carbonyl (C=O) groups excluding carboxylic acids is 1. The first-order valence-corrected chi connectivity index (χ1v) is 9.16. The lowest BCUT2D eigenvalue weighted by atomic mass is 9.71. The molecule has 1 unspecified atom stereocenters. The minimum absolute atomic E-state index is 0.273. The summed E-state index contributed by atoms with van der Waals surface area (Å²) in [7, 11) is 0. The highest BCUT2D eigenvalue weighted by Crippen LogP contribution is 2.49. The smallest absolute Gasteiger partial charge is 0.220 e. The third-order valence-electron chi connectivity index (χ3n) is 6.28. The number of carbonyl (C=O) groups is 1. The van der Waals surface area contributed by atoms with Crippen LogP contribution in [0.5, 0.6) is 0 Å². The molecule has 120 valence electrons. The number of rotatable bonds is 5. The van der Waals surface area contributed by atoms with Gasteiger partial charge in [0.25, 0.3) is 0 Å². The molecule has 3 aliphatic carbocycles. The molecule has 21 heavy (non-hydrogen) atoms. The summed E-state index contributed by atoms with van der Waals surface area (Å²) < 4.78 is 0. The van der Waals surface area contributed by atoms with E-state index < -0.39 is 0 Å². The van der Waals surface area contributed by atoms with E-state index in [9.17, 15) is 9.90 Å². The van der Waals surface area contributed by atoms with Gasteiger partial charge in [-0.1, -0.05) is 38.5 Å². The van der Waals surface area contributed by atoms with Gasteiger partial charge in [0, 0.05) is 19.1 Å². The SMILES string of the molecule is O=C(CCC1CCCCCC1)N[C@H]1C[C@H]2CC(CO)C[C@H]21. The number of aliphatic hydroxyl groups excluding tert-OH is 1. The highest BCUT2D eigenvalue weighted by molar-refractivity contribution is 5.76. The van der Waals surface area contributed by atoms with Crippen LogP contribution in [0.2, 0.25) is 0 Å². The summed E-state index contributed by atoms with van der Waals surface area (Å²) in [5, 5.41) is 12.5. The quantitative estimate of drug-likeness (QED) is 0.764. The fraction of sp³-hybridized carbons (Fsp3) is 0.944. The summed E-state index contributed by atoms with van der Waals surface area (Å²) in [6.45, 7) is 0.329. The van der Waals surface area contributed by atoms with Crippen molar-refractivity contribution in [2.75, 3.05) is 6.61 Å². The Bertz CT molecular complexity index is 349. The molecule has 0 saturated heterocycles. The predicted molar refractivity (Wildman–Crippen MR) is 83.8 cm³/mol. The largest absolute Gasteiger partial charge is 0.396 e. The number of aliphatic hydroxyl groups is 1. The van der Waals surface area contributed by atoms with E-state index in [1.807, 2.05) is 0 Å². The fourth-order valence-corrected chi connectivity index (χ4v) is 4.93. The highest BCUT2D eigenvalue weighted by Gasteiger charge is 2.47. The summed E-state index contributed by atoms with van der Waals surface area (Å²) in [5.41, 5.74) is 0. The van der Waals surface area contributed by atoms with Crippen molar-refractivity contribution >= 4 is 5.91 Å². The van der Waals surface area contributed by atoms with Crippen LogP contribution >= 0.6 is 0 Å². The lowest BCUT2D eigenvalue weighted by Crippen LogP contribution is -2.50. The van der Waals surface area contributed by atoms with E-state index in [0.29, 0.717) is 24.5 Å². The highest BCUT2D eigenvalue weighted by atomic mass is 16.3. The van der Waals surface area contributed by atoms with Crippen LogP contribution in [0.3, 0.4) is 0 Å². The number of nitrogens with one attached hydrogen (secondary N) is 1. The summed E-state index contributed by atoms with van der Waals surface area (Å²) in [6.07, 6.45) is 13.4. The second kappa shape index (κ2) is 7.13. The zero-order chi connectivity index (χ0) is 14.7. The summed E-state index contributed by atoms with van der Waals surface area (Å²) >= 11 is 0. The van der Waals surface area contributed by atoms with E-state index in [-0.39, 0.29) is 5.91 Å². The lowest BCUT2D eigenvalue weighted by molar-refractivity contribution is -0.123. The molecule has 0 bridgehead atoms. The molecule has 0 aromatic rings. The average molecular weight is 293 g/mol. The molecule has 0 aromatic heterocycles. The van der Waals surface area contributed by atoms with Gasteiger partial charge >= 0.3 is 0 Å². The summed E-state index contributed by atoms with van der Waals surface area (Å²) in [6, 6.07) is 0.410. The number of amides is 1. The van der Waals surface area contributed by atoms with Gasteiger partial charge in [-0.2, -0.15) is 0 Å². The minimum Gasteiger partial charge on any atom is -0.396 e. The molecular weight excluding hydrogens is 262 g/mol. The Labute approximate surface area is 128 Å². The Kier molecular flexibility index (Phi) is 5.20. The van der Waals surface area contributed by atoms with Crippen LogP contribution in [0.1, 0.15) is 70.6 Å². The molecule has 3 fully saturated rings. The van der Waals surface area contributed by atoms with Crippen molar-refractivity contribution in [2.45, 2.75) is 76.7 Å². The molecule has 3 aliphatic rings. The second-order valence-electron chi connectivity index (χ2n) is 7.75. The zero-order valence-corrected chi connectivity index (χ0v) is 13.2. The maximum Gasteiger partial charge on any atom is 0.220 e. The monoisotopic (exact) mass is 293 g/mol. The maximum atomic E-state index is 12.2. The lowest BCUT2D eigenvalue weighted by Gasteiger charge is -2.41. The van der Waals surface area contributed by atoms with Crippen LogP contribution in [0.4, 0.5) is 0 Å². The third-order valence-corrected chi connectivity index (χ3v) is 6.28. The molecule has 0 radical (unpaired) electrons. The van der Waals surface area contributed by atoms with Crippen molar-refractivity contribution in [3.8, 4) is 0 Å². The van der Waals surface area contributed by atoms with E-state index >= 15 is 0 Å². The van der Waals surface area contributed by atoms with Gasteiger partial charge in [0.05, 0.1) is 0 Å². The first-order chi connectivity index (χ1) is 10.3. The first kappa shape index (κ1) is 15.3. The van der Waals surface area contributed by atoms with E-state index in [4.69, 9.17) is 0 Å². The minimum atomic E-state index is 0.273. The van der Waals surface area contributed by atoms with Crippen LogP contribution in [0, 0.1) is 23.7 Å². The van der Waals surface area contributed by atoms with Crippen molar-refractivity contribution in [2.24, 2.45) is 23.7 Å². The van der Waals surface area contributed by atoms with Crippen LogP contribution in [-0.4, -0.2) is 23.7 Å². The first-order valence-electron chi connectivity index (χ1n) is 9.16. The van der Waals surface area contributed by atoms with Crippen LogP contribution < -0.4 is 5.32 Å². The van der Waals surface area contributed by atoms with E-state index in [2.05, 4.69) is 5.32 Å². The molecular formula is C18H31NO2. The van der Waals surface area contributed by atoms with Crippen LogP contribution in [-0.2, 0) is 4.79 Å². The van der Waals surface area contributed by atoms with Crippen LogP contribution in [0.25, 0.3) is 0 Å². The predicted octanol–water partition coefficient (Wildman–Crippen LogP) is 3.26. The van der Waals surface area contributed by atoms with Gasteiger partial charge in [-0.25, -0.2) is 0 Å². The average Bonchev–Trinajstić information content (AvgIpc) is 2.66. The van der Waals surface area contributed by atoms with E-state index in [1.54, 1.807) is 0 Å². The summed E-state index contributed by atoms with van der Waals surface area (Å²) in [4.78, 5) is 12.2. The van der Waals surface area contributed by atoms with Gasteiger partial charge in [0.15, 0.2) is 0 Å². The zero-order valence-electron chi connectivity index (χ0n) is 13.2. The molecule has 0 spiro atoms. The van der Waals surface area contributed by atoms with Gasteiger partial charge in [0.1, 0.15) is 0 Å². The van der Waals surface area contributed by atoms with Crippen LogP contribution in [0.15, 0.2) is 0 Å². The molecule has 3 rings (SSSR count). The molecule has 2 N–H and O–H groups in total. The van der Waals surface area contributed by atoms with Crippen molar-refractivity contribution in [3.63, 3.8) is 0 Å². The molecule has 3 heteroatoms. The standard InChI is InChI=1S/C18H31NO2/c20-12-14-9-15-11-17(16(15)10-14)19-18(21)8-7-13-5-3-1-2-4-6-13/h13-17,20H,1-12H2,(H,19,21)/t14?,15-,16-,17+/m1/s1. The Morgan fingerprint density at radius 1 is 1.00 bits per heavy atom. The van der Waals surface area contributed by atoms with Gasteiger partial charge in [-0.05, 0) is 49.4 Å². The Balaban J connectivity index is 1.35. The van der Waals surface area contributed by atoms with Gasteiger partial charge in [-0.3, -0.25) is 4.79 Å². The Hall–Kier alpha value is -0.570. The maximum absolute atomic E-state index is 12.2. The molecule has 0 heterocycles. The molecule has 0 aromatic carbocycles. The van der Waals surface area contributed by atoms with Gasteiger partial charge < -0.3 is 10.4 Å². The third kappa shape index (κ3) is 3.80. The topological polar surface area (TPSA) is 49.3 Å². The molecule has 3 saturated carbocycles. The molecule has 0 aliphatic heterocycles. The summed E-state index contributed by atoms with van der Waals surface area (Å²) in [5.74, 6) is 2.99. The van der Waals surface area contributed by atoms with Gasteiger partial charge in [-0.15, -0.1) is 0 Å². The van der Waals surface area contributed by atoms with Gasteiger partial charge in [0.2, 0.25) is 5.91 Å². The molecule has 3 nitrogen and oxygen atoms in total. The van der Waals surface area contributed by atoms with E-state index in [0.717, 1.165) is 37.5 Å². The molecule has 1 amide bonds. The number of fused-ring (bicyclic) bond motifs is 1. The number of hydrogen-bond donors (Lipinski definition) is 2.